The quantitative estimate of drug-likeness (QED) is 0.871. The van der Waals surface area contributed by atoms with Crippen LogP contribution in [0.25, 0.3) is 0 Å². The lowest BCUT2D eigenvalue weighted by molar-refractivity contribution is 0.229. The molecule has 0 radical (unpaired) electrons. The summed E-state index contributed by atoms with van der Waals surface area (Å²) in [6.45, 7) is 7.21. The number of halogens is 1. The summed E-state index contributed by atoms with van der Waals surface area (Å²) in [4.78, 5) is 4.68. The molecule has 1 saturated heterocycles. The molecule has 0 atom stereocenters. The van der Waals surface area contributed by atoms with Crippen LogP contribution in [-0.2, 0) is 6.54 Å². The van der Waals surface area contributed by atoms with Crippen molar-refractivity contribution < 1.29 is 4.39 Å². The van der Waals surface area contributed by atoms with E-state index in [0.717, 1.165) is 38.3 Å². The topological polar surface area (TPSA) is 18.5 Å². The normalized spacial score (nSPS) is 17.6. The van der Waals surface area contributed by atoms with Crippen molar-refractivity contribution in [3.63, 3.8) is 0 Å². The van der Waals surface area contributed by atoms with Crippen LogP contribution >= 0.6 is 0 Å². The fraction of sp³-hybridized carbons (Fsp3) is 0.600. The van der Waals surface area contributed by atoms with Crippen LogP contribution in [0.2, 0.25) is 0 Å². The zero-order chi connectivity index (χ0) is 13.5. The molecule has 1 heterocycles. The fourth-order valence-electron chi connectivity index (χ4n) is 2.43. The first-order valence-electron chi connectivity index (χ1n) is 7.11. The molecule has 19 heavy (non-hydrogen) atoms. The van der Waals surface area contributed by atoms with E-state index in [1.54, 1.807) is 6.07 Å². The molecule has 0 aliphatic carbocycles. The standard InChI is InChI=1S/C15H24FN3/c1-18(13-14-5-2-3-6-15(14)16)11-12-19-9-4-7-17-8-10-19/h2-3,5-6,17H,4,7-13H2,1H3. The lowest BCUT2D eigenvalue weighted by Gasteiger charge is -2.24. The Kier molecular flexibility index (Phi) is 5.76. The molecular weight excluding hydrogens is 241 g/mol. The maximum absolute atomic E-state index is 13.6. The number of hydrogen-bond acceptors (Lipinski definition) is 3. The van der Waals surface area contributed by atoms with Gasteiger partial charge in [-0.05, 0) is 32.6 Å². The molecule has 1 N–H and O–H groups in total. The molecule has 0 spiro atoms. The minimum atomic E-state index is -0.103. The first-order chi connectivity index (χ1) is 9.25. The summed E-state index contributed by atoms with van der Waals surface area (Å²) in [6.07, 6.45) is 1.22. The summed E-state index contributed by atoms with van der Waals surface area (Å²) in [5.41, 5.74) is 0.780. The Morgan fingerprint density at radius 2 is 2.11 bits per heavy atom. The molecule has 0 saturated carbocycles. The summed E-state index contributed by atoms with van der Waals surface area (Å²) < 4.78 is 13.6. The van der Waals surface area contributed by atoms with E-state index >= 15 is 0 Å². The van der Waals surface area contributed by atoms with Gasteiger partial charge in [-0.15, -0.1) is 0 Å². The summed E-state index contributed by atoms with van der Waals surface area (Å²) in [6, 6.07) is 7.03. The van der Waals surface area contributed by atoms with Crippen molar-refractivity contribution >= 4 is 0 Å². The molecule has 0 amide bonds. The second-order valence-electron chi connectivity index (χ2n) is 5.27. The summed E-state index contributed by atoms with van der Waals surface area (Å²) >= 11 is 0. The maximum Gasteiger partial charge on any atom is 0.127 e. The minimum absolute atomic E-state index is 0.103. The van der Waals surface area contributed by atoms with Gasteiger partial charge in [0.05, 0.1) is 0 Å². The average Bonchev–Trinajstić information content (AvgIpc) is 2.68. The second kappa shape index (κ2) is 7.58. The molecule has 4 heteroatoms. The van der Waals surface area contributed by atoms with E-state index in [2.05, 4.69) is 22.2 Å². The zero-order valence-corrected chi connectivity index (χ0v) is 11.7. The summed E-state index contributed by atoms with van der Waals surface area (Å²) in [5, 5.41) is 3.41. The van der Waals surface area contributed by atoms with E-state index in [-0.39, 0.29) is 5.82 Å². The van der Waals surface area contributed by atoms with E-state index in [4.69, 9.17) is 0 Å². The third kappa shape index (κ3) is 4.90. The fourth-order valence-corrected chi connectivity index (χ4v) is 2.43. The highest BCUT2D eigenvalue weighted by molar-refractivity contribution is 5.16. The Morgan fingerprint density at radius 1 is 1.26 bits per heavy atom. The van der Waals surface area contributed by atoms with Crippen LogP contribution in [0.1, 0.15) is 12.0 Å². The van der Waals surface area contributed by atoms with E-state index in [9.17, 15) is 4.39 Å². The van der Waals surface area contributed by atoms with Gasteiger partial charge in [-0.1, -0.05) is 18.2 Å². The monoisotopic (exact) mass is 265 g/mol. The molecule has 1 aromatic carbocycles. The van der Waals surface area contributed by atoms with Crippen LogP contribution in [0.5, 0.6) is 0 Å². The molecule has 1 aliphatic rings. The van der Waals surface area contributed by atoms with Gasteiger partial charge >= 0.3 is 0 Å². The Balaban J connectivity index is 1.75. The minimum Gasteiger partial charge on any atom is -0.315 e. The van der Waals surface area contributed by atoms with Crippen LogP contribution in [0.15, 0.2) is 24.3 Å². The highest BCUT2D eigenvalue weighted by atomic mass is 19.1. The van der Waals surface area contributed by atoms with E-state index in [1.807, 2.05) is 12.1 Å². The molecular formula is C15H24FN3. The van der Waals surface area contributed by atoms with E-state index in [1.165, 1.54) is 19.0 Å². The van der Waals surface area contributed by atoms with Crippen LogP contribution in [0.3, 0.4) is 0 Å². The van der Waals surface area contributed by atoms with Gasteiger partial charge in [-0.25, -0.2) is 4.39 Å². The van der Waals surface area contributed by atoms with Crippen LogP contribution in [-0.4, -0.2) is 56.1 Å². The predicted molar refractivity (Wildman–Crippen MR) is 76.7 cm³/mol. The number of benzene rings is 1. The Bertz CT molecular complexity index is 375. The van der Waals surface area contributed by atoms with Crippen molar-refractivity contribution in [1.82, 2.24) is 15.1 Å². The number of nitrogens with zero attached hydrogens (tertiary/aromatic N) is 2. The van der Waals surface area contributed by atoms with Crippen LogP contribution < -0.4 is 5.32 Å². The first kappa shape index (κ1) is 14.4. The Morgan fingerprint density at radius 3 is 2.95 bits per heavy atom. The van der Waals surface area contributed by atoms with Gasteiger partial charge in [0.25, 0.3) is 0 Å². The third-order valence-electron chi connectivity index (χ3n) is 3.63. The molecule has 1 aromatic rings. The molecule has 106 valence electrons. The van der Waals surface area contributed by atoms with Crippen molar-refractivity contribution in [3.05, 3.63) is 35.6 Å². The van der Waals surface area contributed by atoms with Crippen molar-refractivity contribution in [2.45, 2.75) is 13.0 Å². The number of rotatable bonds is 5. The van der Waals surface area contributed by atoms with Crippen molar-refractivity contribution in [1.29, 1.82) is 0 Å². The summed E-state index contributed by atoms with van der Waals surface area (Å²) in [7, 11) is 2.06. The van der Waals surface area contributed by atoms with Gasteiger partial charge in [0.2, 0.25) is 0 Å². The molecule has 1 aliphatic heterocycles. The first-order valence-corrected chi connectivity index (χ1v) is 7.11. The van der Waals surface area contributed by atoms with Crippen LogP contribution in [0, 0.1) is 5.82 Å². The highest BCUT2D eigenvalue weighted by Gasteiger charge is 2.10. The van der Waals surface area contributed by atoms with Gasteiger partial charge in [-0.3, -0.25) is 0 Å². The van der Waals surface area contributed by atoms with E-state index in [0.29, 0.717) is 6.54 Å². The molecule has 2 rings (SSSR count). The SMILES string of the molecule is CN(CCN1CCCNCC1)Cc1ccccc1F. The van der Waals surface area contributed by atoms with E-state index < -0.39 is 0 Å². The molecule has 1 fully saturated rings. The average molecular weight is 265 g/mol. The number of hydrogen-bond donors (Lipinski definition) is 1. The second-order valence-corrected chi connectivity index (χ2v) is 5.27. The number of likely N-dealkylation sites (N-methyl/N-ethyl adjacent to an activating group) is 1. The smallest absolute Gasteiger partial charge is 0.127 e. The maximum atomic E-state index is 13.6. The third-order valence-corrected chi connectivity index (χ3v) is 3.63. The number of nitrogens with one attached hydrogen (secondary N) is 1. The van der Waals surface area contributed by atoms with Gasteiger partial charge < -0.3 is 15.1 Å². The lowest BCUT2D eigenvalue weighted by Crippen LogP contribution is -2.35. The molecule has 3 nitrogen and oxygen atoms in total. The predicted octanol–water partition coefficient (Wildman–Crippen LogP) is 1.55. The van der Waals surface area contributed by atoms with Crippen LogP contribution in [0.4, 0.5) is 4.39 Å². The largest absolute Gasteiger partial charge is 0.315 e. The van der Waals surface area contributed by atoms with Gasteiger partial charge in [0, 0.05) is 38.3 Å². The van der Waals surface area contributed by atoms with Crippen molar-refractivity contribution in [2.75, 3.05) is 46.3 Å². The highest BCUT2D eigenvalue weighted by Crippen LogP contribution is 2.08. The molecule has 0 unspecified atom stereocenters. The van der Waals surface area contributed by atoms with Gasteiger partial charge in [0.15, 0.2) is 0 Å². The van der Waals surface area contributed by atoms with Crippen molar-refractivity contribution in [3.8, 4) is 0 Å². The Labute approximate surface area is 115 Å². The van der Waals surface area contributed by atoms with Gasteiger partial charge in [-0.2, -0.15) is 0 Å². The zero-order valence-electron chi connectivity index (χ0n) is 11.7. The molecule has 0 bridgehead atoms. The van der Waals surface area contributed by atoms with Gasteiger partial charge in [0.1, 0.15) is 5.82 Å². The molecule has 0 aromatic heterocycles. The lowest BCUT2D eigenvalue weighted by atomic mass is 10.2. The Hall–Kier alpha value is -0.970. The van der Waals surface area contributed by atoms with Crippen molar-refractivity contribution in [2.24, 2.45) is 0 Å². The summed E-state index contributed by atoms with van der Waals surface area (Å²) in [5.74, 6) is -0.103.